The van der Waals surface area contributed by atoms with Gasteiger partial charge < -0.3 is 14.8 Å². The van der Waals surface area contributed by atoms with E-state index in [2.05, 4.69) is 10.3 Å². The van der Waals surface area contributed by atoms with Crippen LogP contribution in [0.25, 0.3) is 6.08 Å². The molecule has 3 heterocycles. The number of nitrogens with zero attached hydrogens (tertiary/aromatic N) is 2. The smallest absolute Gasteiger partial charge is 0.266 e. The Bertz CT molecular complexity index is 991. The number of fused-ring (bicyclic) bond motifs is 1. The second-order valence-electron chi connectivity index (χ2n) is 6.64. The lowest BCUT2D eigenvalue weighted by atomic mass is 10.1. The number of anilines is 1. The highest BCUT2D eigenvalue weighted by atomic mass is 32.2. The van der Waals surface area contributed by atoms with Crippen molar-refractivity contribution >= 4 is 62.7 Å². The van der Waals surface area contributed by atoms with Gasteiger partial charge in [-0.25, -0.2) is 4.98 Å². The number of unbranched alkanes of at least 4 members (excludes halogenated alkanes) is 2. The molecular formula is C20H19N3O4S3. The first kappa shape index (κ1) is 20.8. The lowest BCUT2D eigenvalue weighted by Gasteiger charge is -2.14. The molecular weight excluding hydrogens is 442 g/mol. The van der Waals surface area contributed by atoms with Gasteiger partial charge in [0.05, 0.1) is 4.91 Å². The molecule has 1 aromatic carbocycles. The summed E-state index contributed by atoms with van der Waals surface area (Å²) in [5.41, 5.74) is 0.867. The summed E-state index contributed by atoms with van der Waals surface area (Å²) in [6, 6.07) is 5.57. The zero-order valence-electron chi connectivity index (χ0n) is 16.0. The largest absolute Gasteiger partial charge is 0.454 e. The zero-order valence-corrected chi connectivity index (χ0v) is 18.4. The van der Waals surface area contributed by atoms with E-state index in [4.69, 9.17) is 21.7 Å². The van der Waals surface area contributed by atoms with Gasteiger partial charge >= 0.3 is 0 Å². The summed E-state index contributed by atoms with van der Waals surface area (Å²) in [7, 11) is 0. The van der Waals surface area contributed by atoms with Crippen molar-refractivity contribution in [1.29, 1.82) is 0 Å². The number of ether oxygens (including phenoxy) is 2. The van der Waals surface area contributed by atoms with Crippen molar-refractivity contribution in [2.45, 2.75) is 25.7 Å². The van der Waals surface area contributed by atoms with E-state index in [9.17, 15) is 9.59 Å². The summed E-state index contributed by atoms with van der Waals surface area (Å²) in [5, 5.41) is 5.20. The number of aromatic nitrogens is 1. The van der Waals surface area contributed by atoms with Crippen molar-refractivity contribution in [3.8, 4) is 11.5 Å². The minimum Gasteiger partial charge on any atom is -0.454 e. The molecule has 2 aliphatic rings. The molecule has 0 bridgehead atoms. The molecule has 0 aliphatic carbocycles. The maximum Gasteiger partial charge on any atom is 0.266 e. The Morgan fingerprint density at radius 2 is 2.13 bits per heavy atom. The fourth-order valence-electron chi connectivity index (χ4n) is 3.05. The summed E-state index contributed by atoms with van der Waals surface area (Å²) in [6.45, 7) is 0.769. The van der Waals surface area contributed by atoms with E-state index in [1.165, 1.54) is 23.1 Å². The normalized spacial score (nSPS) is 16.5. The molecule has 30 heavy (non-hydrogen) atoms. The van der Waals surface area contributed by atoms with E-state index >= 15 is 0 Å². The molecule has 0 atom stereocenters. The van der Waals surface area contributed by atoms with Gasteiger partial charge in [0.1, 0.15) is 4.32 Å². The highest BCUT2D eigenvalue weighted by molar-refractivity contribution is 8.26. The molecule has 2 aromatic rings. The zero-order chi connectivity index (χ0) is 20.9. The Morgan fingerprint density at radius 1 is 1.27 bits per heavy atom. The Labute approximate surface area is 187 Å². The molecule has 1 fully saturated rings. The van der Waals surface area contributed by atoms with Gasteiger partial charge in [-0.05, 0) is 36.6 Å². The summed E-state index contributed by atoms with van der Waals surface area (Å²) < 4.78 is 11.3. The second kappa shape index (κ2) is 9.59. The van der Waals surface area contributed by atoms with Gasteiger partial charge in [-0.3, -0.25) is 14.5 Å². The van der Waals surface area contributed by atoms with E-state index in [-0.39, 0.29) is 18.6 Å². The van der Waals surface area contributed by atoms with Gasteiger partial charge in [0.2, 0.25) is 12.7 Å². The molecule has 156 valence electrons. The average molecular weight is 462 g/mol. The molecule has 0 spiro atoms. The van der Waals surface area contributed by atoms with Gasteiger partial charge in [-0.2, -0.15) is 0 Å². The van der Waals surface area contributed by atoms with E-state index in [1.54, 1.807) is 11.1 Å². The number of hydrogen-bond donors (Lipinski definition) is 1. The number of benzene rings is 1. The van der Waals surface area contributed by atoms with Gasteiger partial charge in [0.25, 0.3) is 5.91 Å². The second-order valence-corrected chi connectivity index (χ2v) is 9.21. The molecule has 2 aliphatic heterocycles. The Hall–Kier alpha value is -2.43. The Kier molecular flexibility index (Phi) is 6.66. The summed E-state index contributed by atoms with van der Waals surface area (Å²) in [4.78, 5) is 30.9. The van der Waals surface area contributed by atoms with Crippen LogP contribution in [-0.4, -0.2) is 39.4 Å². The minimum absolute atomic E-state index is 0.0396. The minimum atomic E-state index is -0.0795. The average Bonchev–Trinajstić information content (AvgIpc) is 3.45. The van der Waals surface area contributed by atoms with Crippen molar-refractivity contribution in [3.63, 3.8) is 0 Å². The van der Waals surface area contributed by atoms with Crippen LogP contribution in [0.5, 0.6) is 11.5 Å². The van der Waals surface area contributed by atoms with Crippen LogP contribution in [-0.2, 0) is 9.59 Å². The van der Waals surface area contributed by atoms with Crippen molar-refractivity contribution in [2.75, 3.05) is 18.7 Å². The first-order chi connectivity index (χ1) is 14.6. The fraction of sp³-hybridized carbons (Fsp3) is 0.300. The van der Waals surface area contributed by atoms with Crippen LogP contribution in [0.2, 0.25) is 0 Å². The molecule has 2 amide bonds. The number of thiazole rings is 1. The van der Waals surface area contributed by atoms with Crippen LogP contribution < -0.4 is 14.8 Å². The van der Waals surface area contributed by atoms with Crippen LogP contribution in [0.4, 0.5) is 5.13 Å². The highest BCUT2D eigenvalue weighted by Crippen LogP contribution is 2.36. The third kappa shape index (κ3) is 5.00. The number of carbonyl (C=O) groups is 2. The standard InChI is InChI=1S/C20H19N3O4S3/c24-17(22-19-21-7-9-29-19)4-2-1-3-8-23-18(25)16(30-20(23)28)11-13-5-6-14-15(10-13)27-12-26-14/h5-7,9-11H,1-4,8,12H2,(H,21,22,24). The highest BCUT2D eigenvalue weighted by Gasteiger charge is 2.31. The number of amides is 2. The summed E-state index contributed by atoms with van der Waals surface area (Å²) in [6.07, 6.45) is 6.28. The quantitative estimate of drug-likeness (QED) is 0.357. The molecule has 0 saturated carbocycles. The van der Waals surface area contributed by atoms with E-state index in [1.807, 2.05) is 29.7 Å². The van der Waals surface area contributed by atoms with Crippen LogP contribution in [0.15, 0.2) is 34.7 Å². The van der Waals surface area contributed by atoms with Gasteiger partial charge in [-0.15, -0.1) is 11.3 Å². The third-order valence-electron chi connectivity index (χ3n) is 4.53. The van der Waals surface area contributed by atoms with E-state index in [0.29, 0.717) is 38.8 Å². The van der Waals surface area contributed by atoms with Crippen LogP contribution in [0.1, 0.15) is 31.2 Å². The Balaban J connectivity index is 1.23. The predicted molar refractivity (Wildman–Crippen MR) is 122 cm³/mol. The van der Waals surface area contributed by atoms with Crippen LogP contribution >= 0.6 is 35.3 Å². The maximum absolute atomic E-state index is 12.7. The number of thioether (sulfide) groups is 1. The van der Waals surface area contributed by atoms with Crippen LogP contribution in [0.3, 0.4) is 0 Å². The first-order valence-electron chi connectivity index (χ1n) is 9.44. The molecule has 1 N–H and O–H groups in total. The molecule has 0 radical (unpaired) electrons. The summed E-state index contributed by atoms with van der Waals surface area (Å²) in [5.74, 6) is 1.27. The van der Waals surface area contributed by atoms with E-state index < -0.39 is 0 Å². The predicted octanol–water partition coefficient (Wildman–Crippen LogP) is 4.27. The molecule has 1 aromatic heterocycles. The molecule has 0 unspecified atom stereocenters. The van der Waals surface area contributed by atoms with Crippen LogP contribution in [0, 0.1) is 0 Å². The lowest BCUT2D eigenvalue weighted by molar-refractivity contribution is -0.122. The van der Waals surface area contributed by atoms with Gasteiger partial charge in [0, 0.05) is 24.5 Å². The monoisotopic (exact) mass is 461 g/mol. The molecule has 4 rings (SSSR count). The number of rotatable bonds is 8. The molecule has 7 nitrogen and oxygen atoms in total. The number of thiocarbonyl (C=S) groups is 1. The van der Waals surface area contributed by atoms with Gasteiger partial charge in [-0.1, -0.05) is 36.5 Å². The molecule has 1 saturated heterocycles. The van der Waals surface area contributed by atoms with E-state index in [0.717, 1.165) is 24.8 Å². The maximum atomic E-state index is 12.7. The number of carbonyl (C=O) groups excluding carboxylic acids is 2. The third-order valence-corrected chi connectivity index (χ3v) is 6.60. The summed E-state index contributed by atoms with van der Waals surface area (Å²) >= 11 is 8.09. The van der Waals surface area contributed by atoms with Crippen molar-refractivity contribution in [1.82, 2.24) is 9.88 Å². The lowest BCUT2D eigenvalue weighted by Crippen LogP contribution is -2.29. The first-order valence-corrected chi connectivity index (χ1v) is 11.5. The number of nitrogens with one attached hydrogen (secondary N) is 1. The fourth-order valence-corrected chi connectivity index (χ4v) is 4.90. The molecule has 10 heteroatoms. The topological polar surface area (TPSA) is 80.8 Å². The number of hydrogen-bond acceptors (Lipinski definition) is 8. The van der Waals surface area contributed by atoms with Crippen molar-refractivity contribution < 1.29 is 19.1 Å². The Morgan fingerprint density at radius 3 is 2.97 bits per heavy atom. The van der Waals surface area contributed by atoms with Crippen molar-refractivity contribution in [2.24, 2.45) is 0 Å². The van der Waals surface area contributed by atoms with Crippen molar-refractivity contribution in [3.05, 3.63) is 40.2 Å². The SMILES string of the molecule is O=C(CCCCCN1C(=O)C(=Cc2ccc3c(c2)OCO3)SC1=S)Nc1nccs1. The van der Waals surface area contributed by atoms with Gasteiger partial charge in [0.15, 0.2) is 16.6 Å².